The van der Waals surface area contributed by atoms with Gasteiger partial charge in [-0.2, -0.15) is 13.2 Å². The molecule has 0 aliphatic rings. The average molecular weight is 550 g/mol. The molecule has 1 aromatic carbocycles. The lowest BCUT2D eigenvalue weighted by molar-refractivity contribution is -0.144. The Balaban J connectivity index is 1.97. The Hall–Kier alpha value is -3.55. The number of ether oxygens (including phenoxy) is 2. The van der Waals surface area contributed by atoms with Crippen molar-refractivity contribution in [3.05, 3.63) is 63.8 Å². The fourth-order valence-corrected chi connectivity index (χ4v) is 3.12. The molecule has 14 heteroatoms. The lowest BCUT2D eigenvalue weighted by Crippen LogP contribution is -2.20. The van der Waals surface area contributed by atoms with Gasteiger partial charge in [-0.1, -0.05) is 0 Å². The first-order chi connectivity index (χ1) is 15.9. The first-order valence-corrected chi connectivity index (χ1v) is 9.95. The van der Waals surface area contributed by atoms with Crippen LogP contribution in [0.1, 0.15) is 34.8 Å². The highest BCUT2D eigenvalue weighted by atomic mass is 79.9. The topological polar surface area (TPSA) is 118 Å². The Kier molecular flexibility index (Phi) is 7.19. The second kappa shape index (κ2) is 9.75. The van der Waals surface area contributed by atoms with Crippen molar-refractivity contribution in [1.82, 2.24) is 9.97 Å². The standard InChI is InChI=1S/C20H13BrF5N3O5/c1-8(30)32-7-13(33-12-5-3-10(22)14(15(12)23)18(27)31)19-29-16(17(21)34-19)11-4-2-9(6-28-11)20(24,25)26/h2-6,13H,7H2,1H3,(H2,27,31). The van der Waals surface area contributed by atoms with Crippen molar-refractivity contribution in [1.29, 1.82) is 0 Å². The second-order valence-corrected chi connectivity index (χ2v) is 7.33. The summed E-state index contributed by atoms with van der Waals surface area (Å²) in [5.74, 6) is -5.67. The van der Waals surface area contributed by atoms with E-state index in [0.29, 0.717) is 6.20 Å². The molecule has 0 aliphatic heterocycles. The largest absolute Gasteiger partial charge is 0.474 e. The van der Waals surface area contributed by atoms with Gasteiger partial charge in [0.25, 0.3) is 5.91 Å². The van der Waals surface area contributed by atoms with Crippen LogP contribution in [0.4, 0.5) is 22.0 Å². The minimum Gasteiger partial charge on any atom is -0.474 e. The van der Waals surface area contributed by atoms with E-state index in [1.54, 1.807) is 0 Å². The number of primary amides is 1. The van der Waals surface area contributed by atoms with Crippen molar-refractivity contribution in [3.63, 3.8) is 0 Å². The van der Waals surface area contributed by atoms with Crippen molar-refractivity contribution in [2.45, 2.75) is 19.2 Å². The van der Waals surface area contributed by atoms with E-state index in [4.69, 9.17) is 19.6 Å². The molecule has 34 heavy (non-hydrogen) atoms. The quantitative estimate of drug-likeness (QED) is 0.338. The molecule has 1 atom stereocenters. The van der Waals surface area contributed by atoms with E-state index in [0.717, 1.165) is 31.2 Å². The number of aromatic nitrogens is 2. The van der Waals surface area contributed by atoms with E-state index in [2.05, 4.69) is 25.9 Å². The van der Waals surface area contributed by atoms with Gasteiger partial charge in [-0.15, -0.1) is 0 Å². The molecule has 2 N–H and O–H groups in total. The van der Waals surface area contributed by atoms with E-state index in [9.17, 15) is 31.5 Å². The van der Waals surface area contributed by atoms with Gasteiger partial charge in [0, 0.05) is 13.1 Å². The van der Waals surface area contributed by atoms with Crippen LogP contribution in [0.2, 0.25) is 0 Å². The molecule has 2 heterocycles. The van der Waals surface area contributed by atoms with Crippen LogP contribution in [0, 0.1) is 11.6 Å². The zero-order chi connectivity index (χ0) is 25.2. The summed E-state index contributed by atoms with van der Waals surface area (Å²) in [4.78, 5) is 30.4. The highest BCUT2D eigenvalue weighted by Crippen LogP contribution is 2.34. The first-order valence-electron chi connectivity index (χ1n) is 9.16. The lowest BCUT2D eigenvalue weighted by atomic mass is 10.1. The molecule has 0 bridgehead atoms. The van der Waals surface area contributed by atoms with Crippen molar-refractivity contribution >= 4 is 27.8 Å². The molecule has 2 aromatic heterocycles. The molecular weight excluding hydrogens is 537 g/mol. The average Bonchev–Trinajstić information content (AvgIpc) is 3.13. The minimum absolute atomic E-state index is 0.00918. The van der Waals surface area contributed by atoms with Crippen LogP contribution in [-0.2, 0) is 15.7 Å². The summed E-state index contributed by atoms with van der Waals surface area (Å²) in [6.07, 6.45) is -5.41. The van der Waals surface area contributed by atoms with Gasteiger partial charge in [-0.25, -0.2) is 13.8 Å². The van der Waals surface area contributed by atoms with Gasteiger partial charge < -0.3 is 19.6 Å². The molecule has 0 fully saturated rings. The molecule has 0 radical (unpaired) electrons. The van der Waals surface area contributed by atoms with Crippen molar-refractivity contribution in [2.75, 3.05) is 6.61 Å². The van der Waals surface area contributed by atoms with Gasteiger partial charge in [-0.05, 0) is 40.2 Å². The highest BCUT2D eigenvalue weighted by Gasteiger charge is 2.32. The molecule has 1 unspecified atom stereocenters. The normalized spacial score (nSPS) is 12.3. The van der Waals surface area contributed by atoms with Crippen LogP contribution in [0.25, 0.3) is 11.4 Å². The molecule has 180 valence electrons. The summed E-state index contributed by atoms with van der Waals surface area (Å²) in [5, 5.41) is 0. The van der Waals surface area contributed by atoms with Crippen LogP contribution in [0.15, 0.2) is 39.5 Å². The number of esters is 1. The number of hydrogen-bond donors (Lipinski definition) is 1. The Morgan fingerprint density at radius 3 is 2.47 bits per heavy atom. The Morgan fingerprint density at radius 2 is 1.91 bits per heavy atom. The number of halogens is 6. The molecule has 0 aliphatic carbocycles. The summed E-state index contributed by atoms with van der Waals surface area (Å²) in [6, 6.07) is 3.45. The number of nitrogens with two attached hydrogens (primary N) is 1. The number of carbonyl (C=O) groups is 2. The van der Waals surface area contributed by atoms with Crippen LogP contribution in [-0.4, -0.2) is 28.5 Å². The van der Waals surface area contributed by atoms with Gasteiger partial charge in [-0.3, -0.25) is 14.6 Å². The molecule has 0 saturated heterocycles. The third-order valence-electron chi connectivity index (χ3n) is 4.22. The van der Waals surface area contributed by atoms with Gasteiger partial charge in [0.15, 0.2) is 16.2 Å². The number of carbonyl (C=O) groups excluding carboxylic acids is 2. The van der Waals surface area contributed by atoms with Crippen LogP contribution in [0.5, 0.6) is 5.75 Å². The fourth-order valence-electron chi connectivity index (χ4n) is 2.67. The minimum atomic E-state index is -4.59. The summed E-state index contributed by atoms with van der Waals surface area (Å²) in [6.45, 7) is 0.536. The van der Waals surface area contributed by atoms with Crippen LogP contribution < -0.4 is 10.5 Å². The zero-order valence-corrected chi connectivity index (χ0v) is 18.5. The Bertz CT molecular complexity index is 1230. The fraction of sp³-hybridized carbons (Fsp3) is 0.200. The summed E-state index contributed by atoms with van der Waals surface area (Å²) < 4.78 is 82.3. The third kappa shape index (κ3) is 5.50. The Morgan fingerprint density at radius 1 is 1.21 bits per heavy atom. The molecular formula is C20H13BrF5N3O5. The molecule has 0 spiro atoms. The summed E-state index contributed by atoms with van der Waals surface area (Å²) in [5.41, 5.74) is 2.92. The summed E-state index contributed by atoms with van der Waals surface area (Å²) >= 11 is 3.06. The van der Waals surface area contributed by atoms with E-state index >= 15 is 0 Å². The van der Waals surface area contributed by atoms with Crippen LogP contribution >= 0.6 is 15.9 Å². The van der Waals surface area contributed by atoms with E-state index < -0.39 is 59.3 Å². The lowest BCUT2D eigenvalue weighted by Gasteiger charge is -2.17. The zero-order valence-electron chi connectivity index (χ0n) is 17.0. The Labute approximate surface area is 196 Å². The molecule has 1 amide bonds. The number of oxazole rings is 1. The number of nitrogens with zero attached hydrogens (tertiary/aromatic N) is 2. The smallest absolute Gasteiger partial charge is 0.417 e. The van der Waals surface area contributed by atoms with Gasteiger partial charge in [0.05, 0.1) is 11.3 Å². The first kappa shape index (κ1) is 25.1. The molecule has 0 saturated carbocycles. The maximum atomic E-state index is 14.6. The third-order valence-corrected chi connectivity index (χ3v) is 4.76. The highest BCUT2D eigenvalue weighted by molar-refractivity contribution is 9.10. The van der Waals surface area contributed by atoms with Gasteiger partial charge in [0.1, 0.15) is 23.7 Å². The monoisotopic (exact) mass is 549 g/mol. The predicted octanol–water partition coefficient (Wildman–Crippen LogP) is 4.58. The summed E-state index contributed by atoms with van der Waals surface area (Å²) in [7, 11) is 0. The van der Waals surface area contributed by atoms with Crippen LogP contribution in [0.3, 0.4) is 0 Å². The second-order valence-electron chi connectivity index (χ2n) is 6.61. The van der Waals surface area contributed by atoms with Crippen molar-refractivity contribution in [3.8, 4) is 17.1 Å². The molecule has 3 rings (SSSR count). The number of amides is 1. The maximum Gasteiger partial charge on any atom is 0.417 e. The number of alkyl halides is 3. The number of benzene rings is 1. The maximum absolute atomic E-state index is 14.6. The SMILES string of the molecule is CC(=O)OCC(Oc1ccc(F)c(C(N)=O)c1F)c1nc(-c2ccc(C(F)(F)F)cn2)c(Br)o1. The van der Waals surface area contributed by atoms with Crippen molar-refractivity contribution in [2.24, 2.45) is 5.73 Å². The molecule has 3 aromatic rings. The van der Waals surface area contributed by atoms with E-state index in [-0.39, 0.29) is 21.9 Å². The van der Waals surface area contributed by atoms with Gasteiger partial charge in [0.2, 0.25) is 12.0 Å². The molecule has 8 nitrogen and oxygen atoms in total. The van der Waals surface area contributed by atoms with Gasteiger partial charge >= 0.3 is 12.1 Å². The van der Waals surface area contributed by atoms with Crippen molar-refractivity contribution < 1.29 is 45.4 Å². The predicted molar refractivity (Wildman–Crippen MR) is 107 cm³/mol. The van der Waals surface area contributed by atoms with E-state index in [1.807, 2.05) is 0 Å². The van der Waals surface area contributed by atoms with E-state index in [1.165, 1.54) is 0 Å². The number of pyridine rings is 1. The number of hydrogen-bond acceptors (Lipinski definition) is 7. The number of rotatable bonds is 7.